The van der Waals surface area contributed by atoms with E-state index in [1.54, 1.807) is 0 Å². The summed E-state index contributed by atoms with van der Waals surface area (Å²) in [6, 6.07) is 0. The molecule has 0 N–H and O–H groups in total. The van der Waals surface area contributed by atoms with Gasteiger partial charge in [-0.15, -0.1) is 0 Å². The van der Waals surface area contributed by atoms with Crippen LogP contribution in [0.4, 0.5) is 0 Å². The molecule has 3 rings (SSSR count). The van der Waals surface area contributed by atoms with Crippen molar-refractivity contribution in [2.75, 3.05) is 13.7 Å². The van der Waals surface area contributed by atoms with E-state index in [1.165, 1.54) is 83.5 Å². The van der Waals surface area contributed by atoms with Crippen molar-refractivity contribution < 1.29 is 9.47 Å². The second-order valence-corrected chi connectivity index (χ2v) is 9.34. The predicted octanol–water partition coefficient (Wildman–Crippen LogP) is 6.37. The van der Waals surface area contributed by atoms with Gasteiger partial charge >= 0.3 is 0 Å². The Morgan fingerprint density at radius 2 is 1.16 bits per heavy atom. The van der Waals surface area contributed by atoms with Gasteiger partial charge in [-0.2, -0.15) is 0 Å². The molecule has 2 nitrogen and oxygen atoms in total. The van der Waals surface area contributed by atoms with E-state index in [0.717, 1.165) is 24.4 Å². The van der Waals surface area contributed by atoms with E-state index in [0.29, 0.717) is 17.6 Å². The van der Waals surface area contributed by atoms with E-state index in [-0.39, 0.29) is 0 Å². The van der Waals surface area contributed by atoms with Crippen LogP contribution in [0.25, 0.3) is 0 Å². The third-order valence-electron chi connectivity index (χ3n) is 8.33. The summed E-state index contributed by atoms with van der Waals surface area (Å²) >= 11 is 0. The number of hydrogen-bond acceptors (Lipinski definition) is 2. The average Bonchev–Trinajstić information content (AvgIpc) is 2.69. The fourth-order valence-electron chi connectivity index (χ4n) is 6.73. The first kappa shape index (κ1) is 19.7. The van der Waals surface area contributed by atoms with Crippen LogP contribution < -0.4 is 0 Å². The van der Waals surface area contributed by atoms with Gasteiger partial charge in [-0.1, -0.05) is 26.2 Å². The summed E-state index contributed by atoms with van der Waals surface area (Å²) in [5.74, 6) is 2.83. The Balaban J connectivity index is 1.71. The van der Waals surface area contributed by atoms with Crippen molar-refractivity contribution in [1.82, 2.24) is 0 Å². The maximum atomic E-state index is 5.95. The largest absolute Gasteiger partial charge is 0.381 e. The molecule has 2 heteroatoms. The lowest BCUT2D eigenvalue weighted by molar-refractivity contribution is -0.0698. The standard InChI is InChI=1S/C23H42O2/c1-4-25-22-16-12-20(13-17-22)23(2,18-8-6-5-7-9-18)19-10-14-21(24-3)15-11-19/h18-22H,4-17H2,1-3H3. The molecule has 0 spiro atoms. The molecule has 1 unspecified atom stereocenters. The highest BCUT2D eigenvalue weighted by molar-refractivity contribution is 4.98. The quantitative estimate of drug-likeness (QED) is 0.554. The van der Waals surface area contributed by atoms with Crippen LogP contribution in [-0.4, -0.2) is 25.9 Å². The molecule has 0 radical (unpaired) electrons. The van der Waals surface area contributed by atoms with Crippen molar-refractivity contribution in [3.63, 3.8) is 0 Å². The second kappa shape index (κ2) is 9.22. The molecule has 3 fully saturated rings. The normalized spacial score (nSPS) is 37.6. The van der Waals surface area contributed by atoms with Gasteiger partial charge in [0.05, 0.1) is 12.2 Å². The Morgan fingerprint density at radius 3 is 1.64 bits per heavy atom. The molecule has 3 aliphatic rings. The number of methoxy groups -OCH3 is 1. The minimum Gasteiger partial charge on any atom is -0.381 e. The van der Waals surface area contributed by atoms with Crippen LogP contribution >= 0.6 is 0 Å². The van der Waals surface area contributed by atoms with E-state index < -0.39 is 0 Å². The minimum absolute atomic E-state index is 0.528. The monoisotopic (exact) mass is 350 g/mol. The summed E-state index contributed by atoms with van der Waals surface area (Å²) in [6.45, 7) is 5.75. The molecule has 0 saturated heterocycles. The summed E-state index contributed by atoms with van der Waals surface area (Å²) < 4.78 is 11.6. The minimum atomic E-state index is 0.528. The van der Waals surface area contributed by atoms with E-state index in [2.05, 4.69) is 13.8 Å². The van der Waals surface area contributed by atoms with Crippen molar-refractivity contribution in [3.05, 3.63) is 0 Å². The van der Waals surface area contributed by atoms with Gasteiger partial charge in [0.1, 0.15) is 0 Å². The summed E-state index contributed by atoms with van der Waals surface area (Å²) in [4.78, 5) is 0. The lowest BCUT2D eigenvalue weighted by Crippen LogP contribution is -2.46. The topological polar surface area (TPSA) is 18.5 Å². The predicted molar refractivity (Wildman–Crippen MR) is 105 cm³/mol. The lowest BCUT2D eigenvalue weighted by atomic mass is 9.52. The highest BCUT2D eigenvalue weighted by atomic mass is 16.5. The molecule has 25 heavy (non-hydrogen) atoms. The average molecular weight is 351 g/mol. The molecule has 3 aliphatic carbocycles. The first-order valence-electron chi connectivity index (χ1n) is 11.3. The summed E-state index contributed by atoms with van der Waals surface area (Å²) in [7, 11) is 1.90. The van der Waals surface area contributed by atoms with Gasteiger partial charge < -0.3 is 9.47 Å². The lowest BCUT2D eigenvalue weighted by Gasteiger charge is -2.54. The SMILES string of the molecule is CCOC1CCC(C(C)(C2CCCCC2)C2CCC(OC)CC2)CC1. The molecule has 146 valence electrons. The molecule has 3 saturated carbocycles. The molecule has 0 aromatic heterocycles. The third kappa shape index (κ3) is 4.43. The zero-order chi connectivity index (χ0) is 17.7. The van der Waals surface area contributed by atoms with E-state index in [9.17, 15) is 0 Å². The van der Waals surface area contributed by atoms with Gasteiger partial charge in [-0.05, 0) is 94.3 Å². The number of rotatable bonds is 6. The van der Waals surface area contributed by atoms with Crippen molar-refractivity contribution in [2.24, 2.45) is 23.2 Å². The van der Waals surface area contributed by atoms with Crippen molar-refractivity contribution in [3.8, 4) is 0 Å². The highest BCUT2D eigenvalue weighted by Crippen LogP contribution is 2.56. The molecule has 0 amide bonds. The smallest absolute Gasteiger partial charge is 0.0575 e. The molecular weight excluding hydrogens is 308 g/mol. The zero-order valence-electron chi connectivity index (χ0n) is 17.1. The van der Waals surface area contributed by atoms with Gasteiger partial charge in [0, 0.05) is 13.7 Å². The number of hydrogen-bond donors (Lipinski definition) is 0. The summed E-state index contributed by atoms with van der Waals surface area (Å²) in [5, 5.41) is 0. The Hall–Kier alpha value is -0.0800. The van der Waals surface area contributed by atoms with Crippen LogP contribution in [0.2, 0.25) is 0 Å². The zero-order valence-corrected chi connectivity index (χ0v) is 17.1. The molecule has 0 aromatic carbocycles. The van der Waals surface area contributed by atoms with Crippen molar-refractivity contribution in [1.29, 1.82) is 0 Å². The highest BCUT2D eigenvalue weighted by Gasteiger charge is 2.48. The van der Waals surface area contributed by atoms with Crippen LogP contribution in [0.3, 0.4) is 0 Å². The molecule has 0 heterocycles. The van der Waals surface area contributed by atoms with Crippen molar-refractivity contribution in [2.45, 2.75) is 110 Å². The van der Waals surface area contributed by atoms with Crippen LogP contribution in [0.5, 0.6) is 0 Å². The Labute approximate surface area is 156 Å². The van der Waals surface area contributed by atoms with Crippen LogP contribution in [0.15, 0.2) is 0 Å². The van der Waals surface area contributed by atoms with Gasteiger partial charge in [-0.25, -0.2) is 0 Å². The first-order chi connectivity index (χ1) is 12.2. The van der Waals surface area contributed by atoms with Crippen LogP contribution in [0.1, 0.15) is 97.3 Å². The molecule has 0 aromatic rings. The van der Waals surface area contributed by atoms with E-state index >= 15 is 0 Å². The summed E-state index contributed by atoms with van der Waals surface area (Å²) in [5.41, 5.74) is 0.566. The fourth-order valence-corrected chi connectivity index (χ4v) is 6.73. The molecule has 0 aliphatic heterocycles. The molecule has 0 bridgehead atoms. The second-order valence-electron chi connectivity index (χ2n) is 9.34. The first-order valence-corrected chi connectivity index (χ1v) is 11.3. The van der Waals surface area contributed by atoms with Crippen LogP contribution in [-0.2, 0) is 9.47 Å². The molecule has 1 atom stereocenters. The fraction of sp³-hybridized carbons (Fsp3) is 1.00. The Kier molecular flexibility index (Phi) is 7.26. The van der Waals surface area contributed by atoms with Gasteiger partial charge in [-0.3, -0.25) is 0 Å². The molecular formula is C23H42O2. The van der Waals surface area contributed by atoms with Crippen LogP contribution in [0, 0.1) is 23.2 Å². The third-order valence-corrected chi connectivity index (χ3v) is 8.33. The van der Waals surface area contributed by atoms with Gasteiger partial charge in [0.2, 0.25) is 0 Å². The Morgan fingerprint density at radius 1 is 0.680 bits per heavy atom. The van der Waals surface area contributed by atoms with Gasteiger partial charge in [0.25, 0.3) is 0 Å². The maximum Gasteiger partial charge on any atom is 0.0575 e. The van der Waals surface area contributed by atoms with E-state index in [4.69, 9.17) is 9.47 Å². The summed E-state index contributed by atoms with van der Waals surface area (Å²) in [6.07, 6.45) is 19.3. The number of ether oxygens (including phenoxy) is 2. The maximum absolute atomic E-state index is 5.95. The van der Waals surface area contributed by atoms with E-state index in [1.807, 2.05) is 7.11 Å². The Bertz CT molecular complexity index is 374. The van der Waals surface area contributed by atoms with Gasteiger partial charge in [0.15, 0.2) is 0 Å². The van der Waals surface area contributed by atoms with Crippen molar-refractivity contribution >= 4 is 0 Å².